The summed E-state index contributed by atoms with van der Waals surface area (Å²) in [5.41, 5.74) is 1.36. The number of likely N-dealkylation sites (N-methyl/N-ethyl adjacent to an activating group) is 1. The average Bonchev–Trinajstić information content (AvgIpc) is 2.96. The molecule has 0 atom stereocenters. The second-order valence-corrected chi connectivity index (χ2v) is 8.73. The number of rotatable bonds is 8. The van der Waals surface area contributed by atoms with Crippen molar-refractivity contribution in [3.63, 3.8) is 0 Å². The van der Waals surface area contributed by atoms with E-state index >= 15 is 0 Å². The number of nitrogens with one attached hydrogen (secondary N) is 2. The molecule has 0 fully saturated rings. The Morgan fingerprint density at radius 3 is 2.43 bits per heavy atom. The molecule has 10 heteroatoms. The smallest absolute Gasteiger partial charge is 0.341 e. The molecule has 30 heavy (non-hydrogen) atoms. The van der Waals surface area contributed by atoms with Gasteiger partial charge < -0.3 is 15.0 Å². The van der Waals surface area contributed by atoms with Gasteiger partial charge in [0, 0.05) is 29.7 Å². The first-order valence-corrected chi connectivity index (χ1v) is 10.7. The standard InChI is InChI=1S/C20H25N3O6S/c1-6-29-20(26)18-12(2)21-13(3)19(18)30(27,28)23(5)11-17(25)22-16-9-7-8-15(10-16)14(4)24/h7-10,21H,6,11H2,1-5H3,(H,22,25). The fourth-order valence-corrected chi connectivity index (χ4v) is 4.52. The SMILES string of the molecule is CCOC(=O)c1c(C)[nH]c(C)c1S(=O)(=O)N(C)CC(=O)Nc1cccc(C(C)=O)c1. The zero-order valence-electron chi connectivity index (χ0n) is 17.5. The largest absolute Gasteiger partial charge is 0.462 e. The van der Waals surface area contributed by atoms with Gasteiger partial charge >= 0.3 is 5.97 Å². The van der Waals surface area contributed by atoms with E-state index in [9.17, 15) is 22.8 Å². The Labute approximate surface area is 175 Å². The number of hydrogen-bond donors (Lipinski definition) is 2. The molecule has 9 nitrogen and oxygen atoms in total. The van der Waals surface area contributed by atoms with Gasteiger partial charge in [0.25, 0.3) is 0 Å². The molecule has 2 N–H and O–H groups in total. The van der Waals surface area contributed by atoms with Crippen LogP contribution in [0.4, 0.5) is 5.69 Å². The van der Waals surface area contributed by atoms with Crippen LogP contribution in [0.15, 0.2) is 29.2 Å². The Balaban J connectivity index is 2.25. The summed E-state index contributed by atoms with van der Waals surface area (Å²) in [5.74, 6) is -1.50. The van der Waals surface area contributed by atoms with Crippen LogP contribution in [-0.2, 0) is 19.6 Å². The van der Waals surface area contributed by atoms with E-state index in [0.717, 1.165) is 4.31 Å². The summed E-state index contributed by atoms with van der Waals surface area (Å²) in [4.78, 5) is 38.8. The fraction of sp³-hybridized carbons (Fsp3) is 0.350. The highest BCUT2D eigenvalue weighted by Gasteiger charge is 2.33. The number of hydrogen-bond acceptors (Lipinski definition) is 6. The van der Waals surface area contributed by atoms with Crippen molar-refractivity contribution in [2.45, 2.75) is 32.6 Å². The van der Waals surface area contributed by atoms with Gasteiger partial charge in [-0.25, -0.2) is 13.2 Å². The first kappa shape index (κ1) is 23.3. The van der Waals surface area contributed by atoms with E-state index in [1.54, 1.807) is 32.0 Å². The fourth-order valence-electron chi connectivity index (χ4n) is 2.99. The maximum atomic E-state index is 13.1. The highest BCUT2D eigenvalue weighted by atomic mass is 32.2. The summed E-state index contributed by atoms with van der Waals surface area (Å²) >= 11 is 0. The van der Waals surface area contributed by atoms with Crippen molar-refractivity contribution in [2.75, 3.05) is 25.5 Å². The van der Waals surface area contributed by atoms with Crippen molar-refractivity contribution in [1.29, 1.82) is 0 Å². The molecule has 0 aliphatic carbocycles. The Morgan fingerprint density at radius 2 is 1.83 bits per heavy atom. The molecule has 1 heterocycles. The predicted molar refractivity (Wildman–Crippen MR) is 111 cm³/mol. The number of carbonyl (C=O) groups is 3. The molecule has 1 amide bonds. The first-order valence-electron chi connectivity index (χ1n) is 9.22. The number of anilines is 1. The van der Waals surface area contributed by atoms with Gasteiger partial charge in [0.05, 0.1) is 13.2 Å². The van der Waals surface area contributed by atoms with Crippen LogP contribution < -0.4 is 5.32 Å². The second kappa shape index (κ2) is 9.23. The second-order valence-electron chi connectivity index (χ2n) is 6.75. The number of aromatic amines is 1. The van der Waals surface area contributed by atoms with E-state index in [4.69, 9.17) is 4.74 Å². The number of ether oxygens (including phenoxy) is 1. The third-order valence-corrected chi connectivity index (χ3v) is 6.36. The minimum Gasteiger partial charge on any atom is -0.462 e. The highest BCUT2D eigenvalue weighted by Crippen LogP contribution is 2.27. The number of H-pyrrole nitrogens is 1. The summed E-state index contributed by atoms with van der Waals surface area (Å²) in [6.45, 7) is 5.75. The number of ketones is 1. The lowest BCUT2D eigenvalue weighted by molar-refractivity contribution is -0.116. The maximum absolute atomic E-state index is 13.1. The van der Waals surface area contributed by atoms with Gasteiger partial charge in [0.1, 0.15) is 10.5 Å². The van der Waals surface area contributed by atoms with Crippen molar-refractivity contribution in [3.05, 3.63) is 46.8 Å². The molecule has 0 bridgehead atoms. The van der Waals surface area contributed by atoms with Crippen molar-refractivity contribution in [1.82, 2.24) is 9.29 Å². The van der Waals surface area contributed by atoms with E-state index < -0.39 is 28.4 Å². The van der Waals surface area contributed by atoms with Gasteiger partial charge in [-0.1, -0.05) is 12.1 Å². The van der Waals surface area contributed by atoms with Crippen molar-refractivity contribution in [2.24, 2.45) is 0 Å². The quantitative estimate of drug-likeness (QED) is 0.484. The Morgan fingerprint density at radius 1 is 1.17 bits per heavy atom. The molecule has 1 aromatic carbocycles. The van der Waals surface area contributed by atoms with Gasteiger partial charge in [0.2, 0.25) is 15.9 Å². The molecule has 0 radical (unpaired) electrons. The zero-order chi connectivity index (χ0) is 22.6. The Hall–Kier alpha value is -2.98. The van der Waals surface area contributed by atoms with E-state index in [-0.39, 0.29) is 28.5 Å². The maximum Gasteiger partial charge on any atom is 0.341 e. The molecule has 0 spiro atoms. The van der Waals surface area contributed by atoms with Crippen LogP contribution in [-0.4, -0.2) is 55.6 Å². The summed E-state index contributed by atoms with van der Waals surface area (Å²) < 4.78 is 32.0. The molecular formula is C20H25N3O6S. The average molecular weight is 436 g/mol. The highest BCUT2D eigenvalue weighted by molar-refractivity contribution is 7.89. The number of carbonyl (C=O) groups excluding carboxylic acids is 3. The number of sulfonamides is 1. The van der Waals surface area contributed by atoms with Crippen LogP contribution in [0.5, 0.6) is 0 Å². The number of aryl methyl sites for hydroxylation is 2. The Kier molecular flexibility index (Phi) is 7.16. The van der Waals surface area contributed by atoms with Gasteiger partial charge in [-0.05, 0) is 39.8 Å². The topological polar surface area (TPSA) is 126 Å². The van der Waals surface area contributed by atoms with Crippen LogP contribution in [0, 0.1) is 13.8 Å². The first-order chi connectivity index (χ1) is 14.0. The number of benzene rings is 1. The molecule has 0 saturated heterocycles. The summed E-state index contributed by atoms with van der Waals surface area (Å²) in [6, 6.07) is 6.33. The van der Waals surface area contributed by atoms with E-state index in [2.05, 4.69) is 10.3 Å². The third-order valence-electron chi connectivity index (χ3n) is 4.38. The zero-order valence-corrected chi connectivity index (χ0v) is 18.3. The molecule has 0 saturated carbocycles. The van der Waals surface area contributed by atoms with Gasteiger partial charge in [-0.15, -0.1) is 0 Å². The molecule has 0 aliphatic rings. The summed E-state index contributed by atoms with van der Waals surface area (Å²) in [5, 5.41) is 2.57. The number of esters is 1. The monoisotopic (exact) mass is 435 g/mol. The third kappa shape index (κ3) is 4.95. The van der Waals surface area contributed by atoms with Crippen LogP contribution in [0.3, 0.4) is 0 Å². The van der Waals surface area contributed by atoms with Crippen LogP contribution >= 0.6 is 0 Å². The molecule has 162 valence electrons. The lowest BCUT2D eigenvalue weighted by atomic mass is 10.1. The molecular weight excluding hydrogens is 410 g/mol. The van der Waals surface area contributed by atoms with Crippen LogP contribution in [0.25, 0.3) is 0 Å². The predicted octanol–water partition coefficient (Wildman–Crippen LogP) is 2.27. The van der Waals surface area contributed by atoms with Crippen molar-refractivity contribution >= 4 is 33.4 Å². The lowest BCUT2D eigenvalue weighted by Crippen LogP contribution is -2.35. The lowest BCUT2D eigenvalue weighted by Gasteiger charge is -2.18. The molecule has 2 aromatic rings. The summed E-state index contributed by atoms with van der Waals surface area (Å²) in [7, 11) is -2.92. The summed E-state index contributed by atoms with van der Waals surface area (Å²) in [6.07, 6.45) is 0. The number of nitrogens with zero attached hydrogens (tertiary/aromatic N) is 1. The molecule has 1 aromatic heterocycles. The minimum absolute atomic E-state index is 0.0734. The van der Waals surface area contributed by atoms with E-state index in [1.165, 1.54) is 27.0 Å². The minimum atomic E-state index is -4.17. The Bertz CT molecular complexity index is 1090. The van der Waals surface area contributed by atoms with Crippen molar-refractivity contribution < 1.29 is 27.5 Å². The van der Waals surface area contributed by atoms with Crippen LogP contribution in [0.1, 0.15) is 46.0 Å². The van der Waals surface area contributed by atoms with Gasteiger partial charge in [-0.3, -0.25) is 9.59 Å². The van der Waals surface area contributed by atoms with E-state index in [1.807, 2.05) is 0 Å². The van der Waals surface area contributed by atoms with E-state index in [0.29, 0.717) is 16.9 Å². The van der Waals surface area contributed by atoms with Crippen LogP contribution in [0.2, 0.25) is 0 Å². The van der Waals surface area contributed by atoms with Gasteiger partial charge in [0.15, 0.2) is 5.78 Å². The van der Waals surface area contributed by atoms with Crippen molar-refractivity contribution in [3.8, 4) is 0 Å². The number of aromatic nitrogens is 1. The van der Waals surface area contributed by atoms with Gasteiger partial charge in [-0.2, -0.15) is 4.31 Å². The molecule has 0 unspecified atom stereocenters. The molecule has 0 aliphatic heterocycles. The molecule has 2 rings (SSSR count). The normalized spacial score (nSPS) is 11.4. The number of amides is 1. The number of Topliss-reactive ketones (excluding diaryl/α,β-unsaturated/α-hetero) is 1.